The van der Waals surface area contributed by atoms with Crippen molar-refractivity contribution in [3.63, 3.8) is 0 Å². The van der Waals surface area contributed by atoms with Gasteiger partial charge in [0.2, 0.25) is 0 Å². The summed E-state index contributed by atoms with van der Waals surface area (Å²) >= 11 is 1.65. The van der Waals surface area contributed by atoms with Crippen molar-refractivity contribution in [2.24, 2.45) is 0 Å². The van der Waals surface area contributed by atoms with Crippen molar-refractivity contribution in [3.05, 3.63) is 59.3 Å². The topological polar surface area (TPSA) is 58.2 Å². The zero-order chi connectivity index (χ0) is 14.7. The van der Waals surface area contributed by atoms with Crippen LogP contribution in [0, 0.1) is 0 Å². The van der Waals surface area contributed by atoms with Crippen molar-refractivity contribution in [3.8, 4) is 0 Å². The SMILES string of the molecule is O=C(CCC(=O)c1ccc2sccc2c1)C1=CC=CNN1. The number of carbonyl (C=O) groups is 2. The van der Waals surface area contributed by atoms with Crippen molar-refractivity contribution in [1.29, 1.82) is 0 Å². The summed E-state index contributed by atoms with van der Waals surface area (Å²) in [5.41, 5.74) is 6.67. The third kappa shape index (κ3) is 3.03. The molecule has 0 amide bonds. The van der Waals surface area contributed by atoms with Gasteiger partial charge >= 0.3 is 0 Å². The second-order valence-corrected chi connectivity index (χ2v) is 5.68. The molecule has 0 spiro atoms. The number of hydrazine groups is 1. The minimum atomic E-state index is -0.0724. The number of hydrogen-bond donors (Lipinski definition) is 2. The van der Waals surface area contributed by atoms with E-state index < -0.39 is 0 Å². The van der Waals surface area contributed by atoms with Gasteiger partial charge in [0.05, 0.1) is 5.70 Å². The first-order chi connectivity index (χ1) is 10.2. The highest BCUT2D eigenvalue weighted by Gasteiger charge is 2.14. The summed E-state index contributed by atoms with van der Waals surface area (Å²) in [5.74, 6) is -0.0758. The average molecular weight is 298 g/mol. The lowest BCUT2D eigenvalue weighted by Gasteiger charge is -2.12. The molecule has 2 N–H and O–H groups in total. The number of nitrogens with one attached hydrogen (secondary N) is 2. The maximum atomic E-state index is 12.2. The minimum Gasteiger partial charge on any atom is -0.308 e. The number of ketones is 2. The van der Waals surface area contributed by atoms with Gasteiger partial charge in [-0.25, -0.2) is 0 Å². The highest BCUT2D eigenvalue weighted by molar-refractivity contribution is 7.17. The monoisotopic (exact) mass is 298 g/mol. The summed E-state index contributed by atoms with van der Waals surface area (Å²) in [6.45, 7) is 0. The van der Waals surface area contributed by atoms with Gasteiger partial charge in [-0.2, -0.15) is 0 Å². The van der Waals surface area contributed by atoms with Crippen LogP contribution in [0.25, 0.3) is 10.1 Å². The fourth-order valence-electron chi connectivity index (χ4n) is 2.16. The van der Waals surface area contributed by atoms with E-state index in [1.807, 2.05) is 29.6 Å². The zero-order valence-corrected chi connectivity index (χ0v) is 12.1. The van der Waals surface area contributed by atoms with Gasteiger partial charge in [0, 0.05) is 29.3 Å². The van der Waals surface area contributed by atoms with Crippen LogP contribution < -0.4 is 10.9 Å². The molecule has 0 aliphatic carbocycles. The van der Waals surface area contributed by atoms with Crippen molar-refractivity contribution in [1.82, 2.24) is 10.9 Å². The third-order valence-corrected chi connectivity index (χ3v) is 4.20. The normalized spacial score (nSPS) is 13.4. The molecule has 21 heavy (non-hydrogen) atoms. The van der Waals surface area contributed by atoms with Crippen LogP contribution in [0.4, 0.5) is 0 Å². The van der Waals surface area contributed by atoms with Crippen LogP contribution in [-0.4, -0.2) is 11.6 Å². The Labute approximate surface area is 126 Å². The molecule has 106 valence electrons. The number of rotatable bonds is 5. The molecule has 2 aromatic rings. The fourth-order valence-corrected chi connectivity index (χ4v) is 2.93. The highest BCUT2D eigenvalue weighted by atomic mass is 32.1. The summed E-state index contributed by atoms with van der Waals surface area (Å²) in [5, 5.41) is 3.08. The molecular weight excluding hydrogens is 284 g/mol. The van der Waals surface area contributed by atoms with Gasteiger partial charge in [0.25, 0.3) is 0 Å². The molecule has 0 saturated carbocycles. The first-order valence-corrected chi connectivity index (χ1v) is 7.54. The van der Waals surface area contributed by atoms with Gasteiger partial charge in [0.15, 0.2) is 11.6 Å². The van der Waals surface area contributed by atoms with Gasteiger partial charge in [-0.3, -0.25) is 15.0 Å². The van der Waals surface area contributed by atoms with Crippen molar-refractivity contribution in [2.75, 3.05) is 0 Å². The molecule has 0 atom stereocenters. The lowest BCUT2D eigenvalue weighted by atomic mass is 10.0. The van der Waals surface area contributed by atoms with Gasteiger partial charge in [0.1, 0.15) is 0 Å². The Balaban J connectivity index is 1.64. The third-order valence-electron chi connectivity index (χ3n) is 3.30. The van der Waals surface area contributed by atoms with E-state index in [1.54, 1.807) is 29.7 Å². The van der Waals surface area contributed by atoms with E-state index in [2.05, 4.69) is 10.9 Å². The second kappa shape index (κ2) is 5.93. The molecule has 1 aromatic carbocycles. The van der Waals surface area contributed by atoms with Crippen LogP contribution in [0.5, 0.6) is 0 Å². The molecule has 2 heterocycles. The molecule has 0 bridgehead atoms. The zero-order valence-electron chi connectivity index (χ0n) is 11.3. The predicted molar refractivity (Wildman–Crippen MR) is 83.9 cm³/mol. The average Bonchev–Trinajstić information content (AvgIpc) is 3.00. The van der Waals surface area contributed by atoms with E-state index in [4.69, 9.17) is 0 Å². The van der Waals surface area contributed by atoms with Crippen LogP contribution in [0.2, 0.25) is 0 Å². The first kappa shape index (κ1) is 13.6. The summed E-state index contributed by atoms with van der Waals surface area (Å²) in [4.78, 5) is 24.1. The van der Waals surface area contributed by atoms with E-state index in [0.29, 0.717) is 11.3 Å². The Kier molecular flexibility index (Phi) is 3.83. The predicted octanol–water partition coefficient (Wildman–Crippen LogP) is 2.94. The molecule has 0 radical (unpaired) electrons. The molecule has 4 nitrogen and oxygen atoms in total. The molecule has 5 heteroatoms. The summed E-state index contributed by atoms with van der Waals surface area (Å²) in [7, 11) is 0. The quantitative estimate of drug-likeness (QED) is 0.833. The minimum absolute atomic E-state index is 0.00337. The largest absolute Gasteiger partial charge is 0.308 e. The van der Waals surface area contributed by atoms with Gasteiger partial charge < -0.3 is 5.43 Å². The molecule has 0 unspecified atom stereocenters. The molecule has 1 aliphatic rings. The van der Waals surface area contributed by atoms with Crippen molar-refractivity contribution in [2.45, 2.75) is 12.8 Å². The standard InChI is InChI=1S/C16H14N2O2S/c19-14(4-5-15(20)13-2-1-8-17-18-13)11-3-6-16-12(10-11)7-9-21-16/h1-3,6-10,17-18H,4-5H2. The molecule has 1 aromatic heterocycles. The number of benzene rings is 1. The Morgan fingerprint density at radius 2 is 1.95 bits per heavy atom. The molecule has 0 saturated heterocycles. The van der Waals surface area contributed by atoms with Gasteiger partial charge in [-0.15, -0.1) is 11.3 Å². The number of fused-ring (bicyclic) bond motifs is 1. The maximum Gasteiger partial charge on any atom is 0.180 e. The van der Waals surface area contributed by atoms with Crippen LogP contribution in [-0.2, 0) is 4.79 Å². The Hall–Kier alpha value is -2.40. The van der Waals surface area contributed by atoms with Crippen LogP contribution in [0.15, 0.2) is 53.7 Å². The van der Waals surface area contributed by atoms with Crippen molar-refractivity contribution >= 4 is 33.0 Å². The van der Waals surface area contributed by atoms with Crippen LogP contribution in [0.1, 0.15) is 23.2 Å². The lowest BCUT2D eigenvalue weighted by Crippen LogP contribution is -2.32. The smallest absolute Gasteiger partial charge is 0.180 e. The first-order valence-electron chi connectivity index (χ1n) is 6.66. The Morgan fingerprint density at radius 3 is 2.76 bits per heavy atom. The van der Waals surface area contributed by atoms with E-state index in [0.717, 1.165) is 10.1 Å². The van der Waals surface area contributed by atoms with Gasteiger partial charge in [-0.1, -0.05) is 0 Å². The molecular formula is C16H14N2O2S. The fraction of sp³-hybridized carbons (Fsp3) is 0.125. The molecule has 3 rings (SSSR count). The van der Waals surface area contributed by atoms with E-state index in [-0.39, 0.29) is 24.4 Å². The van der Waals surface area contributed by atoms with E-state index in [9.17, 15) is 9.59 Å². The maximum absolute atomic E-state index is 12.2. The number of allylic oxidation sites excluding steroid dienone is 3. The van der Waals surface area contributed by atoms with E-state index >= 15 is 0 Å². The highest BCUT2D eigenvalue weighted by Crippen LogP contribution is 2.22. The molecule has 1 aliphatic heterocycles. The number of carbonyl (C=O) groups excluding carboxylic acids is 2. The lowest BCUT2D eigenvalue weighted by molar-refractivity contribution is -0.116. The Bertz CT molecular complexity index is 758. The van der Waals surface area contributed by atoms with Crippen LogP contribution >= 0.6 is 11.3 Å². The molecule has 0 fully saturated rings. The van der Waals surface area contributed by atoms with E-state index in [1.165, 1.54) is 0 Å². The van der Waals surface area contributed by atoms with Crippen molar-refractivity contribution < 1.29 is 9.59 Å². The Morgan fingerprint density at radius 1 is 1.10 bits per heavy atom. The van der Waals surface area contributed by atoms with Gasteiger partial charge in [-0.05, 0) is 47.2 Å². The number of Topliss-reactive ketones (excluding diaryl/α,β-unsaturated/α-hetero) is 2. The number of thiophene rings is 1. The number of hydrogen-bond acceptors (Lipinski definition) is 5. The summed E-state index contributed by atoms with van der Waals surface area (Å²) < 4.78 is 1.16. The summed E-state index contributed by atoms with van der Waals surface area (Å²) in [6.07, 6.45) is 5.56. The van der Waals surface area contributed by atoms with Crippen LogP contribution in [0.3, 0.4) is 0 Å². The second-order valence-electron chi connectivity index (χ2n) is 4.73. The summed E-state index contributed by atoms with van der Waals surface area (Å²) in [6, 6.07) is 7.67.